The number of carbonyl (C=O) groups excluding carboxylic acids is 1. The summed E-state index contributed by atoms with van der Waals surface area (Å²) in [6, 6.07) is 6.65. The van der Waals surface area contributed by atoms with Crippen LogP contribution < -0.4 is 0 Å². The van der Waals surface area contributed by atoms with Gasteiger partial charge in [-0.15, -0.1) is 0 Å². The van der Waals surface area contributed by atoms with Crippen molar-refractivity contribution in [1.82, 2.24) is 0 Å². The van der Waals surface area contributed by atoms with Gasteiger partial charge in [-0.25, -0.2) is 4.39 Å². The van der Waals surface area contributed by atoms with Crippen molar-refractivity contribution < 1.29 is 24.1 Å². The molecule has 1 aromatic carbocycles. The summed E-state index contributed by atoms with van der Waals surface area (Å²) >= 11 is 0. The number of hydrogen-bond donors (Lipinski definition) is 2. The molecular formula is C25H35FO4. The highest BCUT2D eigenvalue weighted by molar-refractivity contribution is 5.69. The summed E-state index contributed by atoms with van der Waals surface area (Å²) in [7, 11) is 1.39. The van der Waals surface area contributed by atoms with Crippen molar-refractivity contribution in [3.05, 3.63) is 60.0 Å². The van der Waals surface area contributed by atoms with Crippen LogP contribution in [0.2, 0.25) is 0 Å². The summed E-state index contributed by atoms with van der Waals surface area (Å²) in [6.07, 6.45) is 11.4. The van der Waals surface area contributed by atoms with E-state index in [0.717, 1.165) is 25.7 Å². The van der Waals surface area contributed by atoms with E-state index < -0.39 is 6.10 Å². The van der Waals surface area contributed by atoms with Crippen LogP contribution in [0.25, 0.3) is 0 Å². The van der Waals surface area contributed by atoms with E-state index in [9.17, 15) is 19.4 Å². The molecule has 1 aliphatic rings. The Kier molecular flexibility index (Phi) is 10.2. The normalized spacial score (nSPS) is 25.2. The zero-order valence-electron chi connectivity index (χ0n) is 18.0. The molecule has 0 heterocycles. The zero-order valence-corrected chi connectivity index (χ0v) is 18.0. The number of aliphatic hydroxyl groups is 2. The van der Waals surface area contributed by atoms with Gasteiger partial charge in [-0.1, -0.05) is 49.4 Å². The third-order valence-corrected chi connectivity index (χ3v) is 6.04. The van der Waals surface area contributed by atoms with Crippen molar-refractivity contribution in [2.45, 2.75) is 64.1 Å². The predicted octanol–water partition coefficient (Wildman–Crippen LogP) is 4.60. The molecule has 1 saturated carbocycles. The molecule has 0 radical (unpaired) electrons. The van der Waals surface area contributed by atoms with Crippen LogP contribution >= 0.6 is 0 Å². The summed E-state index contributed by atoms with van der Waals surface area (Å²) in [4.78, 5) is 11.1. The van der Waals surface area contributed by atoms with Crippen molar-refractivity contribution in [3.63, 3.8) is 0 Å². The van der Waals surface area contributed by atoms with Crippen LogP contribution in [0, 0.1) is 23.6 Å². The minimum Gasteiger partial charge on any atom is -0.469 e. The molecule has 2 N–H and O–H groups in total. The highest BCUT2D eigenvalue weighted by atomic mass is 19.1. The van der Waals surface area contributed by atoms with Gasteiger partial charge < -0.3 is 14.9 Å². The first kappa shape index (κ1) is 24.3. The average Bonchev–Trinajstić information content (AvgIpc) is 3.00. The highest BCUT2D eigenvalue weighted by Crippen LogP contribution is 2.40. The summed E-state index contributed by atoms with van der Waals surface area (Å²) < 4.78 is 18.3. The van der Waals surface area contributed by atoms with E-state index in [-0.39, 0.29) is 29.7 Å². The van der Waals surface area contributed by atoms with Gasteiger partial charge in [-0.2, -0.15) is 0 Å². The monoisotopic (exact) mass is 418 g/mol. The summed E-state index contributed by atoms with van der Waals surface area (Å²) in [5.74, 6) is 0.226. The third kappa shape index (κ3) is 7.69. The Hall–Kier alpha value is -1.98. The molecule has 1 unspecified atom stereocenters. The van der Waals surface area contributed by atoms with Gasteiger partial charge in [0.25, 0.3) is 0 Å². The summed E-state index contributed by atoms with van der Waals surface area (Å²) in [5, 5.41) is 20.8. The number of halogens is 1. The molecule has 0 spiro atoms. The van der Waals surface area contributed by atoms with Gasteiger partial charge in [0.15, 0.2) is 0 Å². The fourth-order valence-corrected chi connectivity index (χ4v) is 4.23. The molecule has 0 amide bonds. The molecule has 0 aliphatic heterocycles. The van der Waals surface area contributed by atoms with Crippen molar-refractivity contribution in [3.8, 4) is 0 Å². The first-order valence-electron chi connectivity index (χ1n) is 10.9. The first-order valence-corrected chi connectivity index (χ1v) is 10.9. The van der Waals surface area contributed by atoms with Crippen molar-refractivity contribution >= 4 is 5.97 Å². The second kappa shape index (κ2) is 12.7. The fourth-order valence-electron chi connectivity index (χ4n) is 4.23. The van der Waals surface area contributed by atoms with E-state index in [1.165, 1.54) is 13.2 Å². The largest absolute Gasteiger partial charge is 0.469 e. The molecule has 2 rings (SSSR count). The molecule has 1 fully saturated rings. The standard InChI is InChI=1S/C25H35FO4/c1-18-17-24(28)22(10-5-3-4-6-12-25(29)30-2)21(18)16-15-20(27)14-13-19-9-7-8-11-23(19)26/h3,5,7-9,11,15-16,18,20-22,24,27-28H,4,6,10,12-14,17H2,1-2H3/b5-3-,16-15+/t18?,20-,21-,22+,24-/m0/s1. The van der Waals surface area contributed by atoms with Crippen LogP contribution in [0.1, 0.15) is 51.0 Å². The number of unbranched alkanes of at least 4 members (excludes halogenated alkanes) is 1. The Labute approximate surface area is 179 Å². The van der Waals surface area contributed by atoms with Crippen LogP contribution in [-0.4, -0.2) is 35.5 Å². The molecule has 1 aromatic rings. The van der Waals surface area contributed by atoms with Crippen LogP contribution in [0.4, 0.5) is 4.39 Å². The molecule has 166 valence electrons. The Morgan fingerprint density at radius 3 is 2.83 bits per heavy atom. The topological polar surface area (TPSA) is 66.8 Å². The molecule has 0 aromatic heterocycles. The number of aryl methyl sites for hydroxylation is 1. The smallest absolute Gasteiger partial charge is 0.305 e. The Morgan fingerprint density at radius 1 is 1.33 bits per heavy atom. The Morgan fingerprint density at radius 2 is 2.10 bits per heavy atom. The SMILES string of the molecule is COC(=O)CCC/C=C\C[C@H]1[C@@H](O)CC(C)[C@@H]1/C=C/[C@@H](O)CCc1ccccc1F. The zero-order chi connectivity index (χ0) is 21.9. The molecule has 1 aliphatic carbocycles. The van der Waals surface area contributed by atoms with Gasteiger partial charge in [-0.3, -0.25) is 4.79 Å². The second-order valence-corrected chi connectivity index (χ2v) is 8.28. The molecular weight excluding hydrogens is 383 g/mol. The van der Waals surface area contributed by atoms with E-state index in [0.29, 0.717) is 30.7 Å². The minimum absolute atomic E-state index is 0.117. The molecule has 5 atom stereocenters. The van der Waals surface area contributed by atoms with E-state index >= 15 is 0 Å². The molecule has 5 heteroatoms. The van der Waals surface area contributed by atoms with Gasteiger partial charge >= 0.3 is 5.97 Å². The van der Waals surface area contributed by atoms with Crippen molar-refractivity contribution in [1.29, 1.82) is 0 Å². The number of ether oxygens (including phenoxy) is 1. The van der Waals surface area contributed by atoms with Gasteiger partial charge in [-0.05, 0) is 67.9 Å². The Bertz CT molecular complexity index is 715. The summed E-state index contributed by atoms with van der Waals surface area (Å²) in [5.41, 5.74) is 0.616. The fraction of sp³-hybridized carbons (Fsp3) is 0.560. The molecule has 0 saturated heterocycles. The predicted molar refractivity (Wildman–Crippen MR) is 116 cm³/mol. The van der Waals surface area contributed by atoms with Gasteiger partial charge in [0.1, 0.15) is 5.82 Å². The van der Waals surface area contributed by atoms with Gasteiger partial charge in [0.05, 0.1) is 19.3 Å². The van der Waals surface area contributed by atoms with E-state index in [2.05, 4.69) is 23.8 Å². The lowest BCUT2D eigenvalue weighted by atomic mass is 9.86. The van der Waals surface area contributed by atoms with Crippen LogP contribution in [0.3, 0.4) is 0 Å². The Balaban J connectivity index is 1.82. The van der Waals surface area contributed by atoms with Crippen LogP contribution in [-0.2, 0) is 16.0 Å². The van der Waals surface area contributed by atoms with E-state index in [1.807, 2.05) is 6.08 Å². The number of hydrogen-bond acceptors (Lipinski definition) is 4. The van der Waals surface area contributed by atoms with E-state index in [1.54, 1.807) is 24.3 Å². The third-order valence-electron chi connectivity index (χ3n) is 6.04. The molecule has 0 bridgehead atoms. The number of methoxy groups -OCH3 is 1. The van der Waals surface area contributed by atoms with E-state index in [4.69, 9.17) is 0 Å². The number of allylic oxidation sites excluding steroid dienone is 3. The minimum atomic E-state index is -0.635. The lowest BCUT2D eigenvalue weighted by Gasteiger charge is -2.20. The average molecular weight is 419 g/mol. The van der Waals surface area contributed by atoms with Crippen molar-refractivity contribution in [2.24, 2.45) is 17.8 Å². The quantitative estimate of drug-likeness (QED) is 0.313. The maximum atomic E-state index is 13.7. The second-order valence-electron chi connectivity index (χ2n) is 8.28. The maximum absolute atomic E-state index is 13.7. The number of rotatable bonds is 11. The number of benzene rings is 1. The molecule has 30 heavy (non-hydrogen) atoms. The van der Waals surface area contributed by atoms with Gasteiger partial charge in [0, 0.05) is 6.42 Å². The maximum Gasteiger partial charge on any atom is 0.305 e. The number of esters is 1. The van der Waals surface area contributed by atoms with Crippen LogP contribution in [0.5, 0.6) is 0 Å². The van der Waals surface area contributed by atoms with Crippen molar-refractivity contribution in [2.75, 3.05) is 7.11 Å². The summed E-state index contributed by atoms with van der Waals surface area (Å²) in [6.45, 7) is 2.13. The molecule has 4 nitrogen and oxygen atoms in total. The van der Waals surface area contributed by atoms with Crippen LogP contribution in [0.15, 0.2) is 48.6 Å². The number of carbonyl (C=O) groups is 1. The first-order chi connectivity index (χ1) is 14.4. The van der Waals surface area contributed by atoms with Gasteiger partial charge in [0.2, 0.25) is 0 Å². The number of aliphatic hydroxyl groups excluding tert-OH is 2. The lowest BCUT2D eigenvalue weighted by molar-refractivity contribution is -0.140. The lowest BCUT2D eigenvalue weighted by Crippen LogP contribution is -2.18. The highest BCUT2D eigenvalue weighted by Gasteiger charge is 2.37.